The van der Waals surface area contributed by atoms with E-state index < -0.39 is 9.84 Å². The summed E-state index contributed by atoms with van der Waals surface area (Å²) in [6, 6.07) is 20.7. The van der Waals surface area contributed by atoms with Gasteiger partial charge in [0.1, 0.15) is 5.82 Å². The summed E-state index contributed by atoms with van der Waals surface area (Å²) in [6.07, 6.45) is 1.18. The van der Waals surface area contributed by atoms with Gasteiger partial charge in [0.25, 0.3) is 0 Å². The molecule has 0 fully saturated rings. The number of hydrogen-bond donors (Lipinski definition) is 0. The average Bonchev–Trinajstić information content (AvgIpc) is 2.55. The van der Waals surface area contributed by atoms with Gasteiger partial charge in [-0.05, 0) is 34.9 Å². The Bertz CT molecular complexity index is 931. The van der Waals surface area contributed by atoms with E-state index in [0.29, 0.717) is 11.1 Å². The van der Waals surface area contributed by atoms with Crippen LogP contribution in [-0.4, -0.2) is 14.7 Å². The van der Waals surface area contributed by atoms with E-state index in [1.807, 2.05) is 36.4 Å². The molecule has 23 heavy (non-hydrogen) atoms. The molecular weight excluding hydrogens is 311 g/mol. The fraction of sp³-hybridized carbons (Fsp3) is 0.0526. The lowest BCUT2D eigenvalue weighted by Crippen LogP contribution is -2.00. The van der Waals surface area contributed by atoms with Gasteiger partial charge in [-0.15, -0.1) is 0 Å². The van der Waals surface area contributed by atoms with Crippen LogP contribution in [0.1, 0.15) is 0 Å². The van der Waals surface area contributed by atoms with Crippen LogP contribution in [0.4, 0.5) is 4.39 Å². The van der Waals surface area contributed by atoms with E-state index in [9.17, 15) is 12.8 Å². The summed E-state index contributed by atoms with van der Waals surface area (Å²) < 4.78 is 37.5. The molecule has 3 aromatic carbocycles. The van der Waals surface area contributed by atoms with Crippen LogP contribution >= 0.6 is 0 Å². The smallest absolute Gasteiger partial charge is 0.176 e. The van der Waals surface area contributed by atoms with Gasteiger partial charge in [0.05, 0.1) is 4.90 Å². The first-order chi connectivity index (χ1) is 10.9. The third-order valence-electron chi connectivity index (χ3n) is 3.64. The molecule has 4 heteroatoms. The second-order valence-corrected chi connectivity index (χ2v) is 7.34. The van der Waals surface area contributed by atoms with Gasteiger partial charge in [-0.2, -0.15) is 0 Å². The van der Waals surface area contributed by atoms with Gasteiger partial charge in [0.2, 0.25) is 0 Å². The molecule has 3 aromatic rings. The summed E-state index contributed by atoms with van der Waals surface area (Å²) in [7, 11) is -3.42. The lowest BCUT2D eigenvalue weighted by Gasteiger charge is -2.11. The number of halogens is 1. The van der Waals surface area contributed by atoms with Crippen molar-refractivity contribution in [3.63, 3.8) is 0 Å². The van der Waals surface area contributed by atoms with Crippen LogP contribution in [-0.2, 0) is 9.84 Å². The van der Waals surface area contributed by atoms with Gasteiger partial charge in [0, 0.05) is 11.8 Å². The predicted octanol–water partition coefficient (Wildman–Crippen LogP) is 4.56. The van der Waals surface area contributed by atoms with E-state index in [1.54, 1.807) is 24.3 Å². The van der Waals surface area contributed by atoms with E-state index in [0.717, 1.165) is 11.1 Å². The van der Waals surface area contributed by atoms with Crippen molar-refractivity contribution in [2.45, 2.75) is 4.90 Å². The maximum Gasteiger partial charge on any atom is 0.176 e. The highest BCUT2D eigenvalue weighted by Crippen LogP contribution is 2.32. The Morgan fingerprint density at radius 1 is 0.739 bits per heavy atom. The molecule has 0 amide bonds. The molecule has 0 saturated carbocycles. The minimum atomic E-state index is -3.42. The first-order valence-corrected chi connectivity index (χ1v) is 9.00. The summed E-state index contributed by atoms with van der Waals surface area (Å²) in [5.74, 6) is -0.351. The number of hydrogen-bond acceptors (Lipinski definition) is 2. The average molecular weight is 326 g/mol. The molecule has 0 bridgehead atoms. The van der Waals surface area contributed by atoms with Crippen molar-refractivity contribution in [1.82, 2.24) is 0 Å². The molecule has 0 unspecified atom stereocenters. The molecule has 0 spiro atoms. The molecule has 0 aromatic heterocycles. The molecule has 116 valence electrons. The van der Waals surface area contributed by atoms with Crippen molar-refractivity contribution in [3.8, 4) is 22.3 Å². The first kappa shape index (κ1) is 15.4. The quantitative estimate of drug-likeness (QED) is 0.707. The predicted molar refractivity (Wildman–Crippen MR) is 90.4 cm³/mol. The van der Waals surface area contributed by atoms with Gasteiger partial charge >= 0.3 is 0 Å². The standard InChI is InChI=1S/C19H15FO2S/c1-23(21,22)19-13-16(14-5-3-2-4-6-14)9-12-18(19)15-7-10-17(20)11-8-15/h2-13H,1H3. The minimum Gasteiger partial charge on any atom is -0.224 e. The summed E-state index contributed by atoms with van der Waals surface area (Å²) in [4.78, 5) is 0.241. The van der Waals surface area contributed by atoms with E-state index >= 15 is 0 Å². The van der Waals surface area contributed by atoms with Crippen molar-refractivity contribution in [2.24, 2.45) is 0 Å². The van der Waals surface area contributed by atoms with E-state index in [2.05, 4.69) is 0 Å². The molecule has 3 rings (SSSR count). The van der Waals surface area contributed by atoms with E-state index in [4.69, 9.17) is 0 Å². The zero-order valence-corrected chi connectivity index (χ0v) is 13.3. The zero-order valence-electron chi connectivity index (χ0n) is 12.5. The number of benzene rings is 3. The Morgan fingerprint density at radius 2 is 1.35 bits per heavy atom. The van der Waals surface area contributed by atoms with Crippen molar-refractivity contribution >= 4 is 9.84 Å². The van der Waals surface area contributed by atoms with E-state index in [-0.39, 0.29) is 10.7 Å². The summed E-state index contributed by atoms with van der Waals surface area (Å²) in [5, 5.41) is 0. The van der Waals surface area contributed by atoms with Gasteiger partial charge < -0.3 is 0 Å². The highest BCUT2D eigenvalue weighted by atomic mass is 32.2. The highest BCUT2D eigenvalue weighted by Gasteiger charge is 2.16. The van der Waals surface area contributed by atoms with Crippen LogP contribution in [0.15, 0.2) is 77.7 Å². The van der Waals surface area contributed by atoms with Gasteiger partial charge in [-0.3, -0.25) is 0 Å². The van der Waals surface area contributed by atoms with Crippen molar-refractivity contribution < 1.29 is 12.8 Å². The summed E-state index contributed by atoms with van der Waals surface area (Å²) >= 11 is 0. The topological polar surface area (TPSA) is 34.1 Å². The summed E-state index contributed by atoms with van der Waals surface area (Å²) in [6.45, 7) is 0. The maximum absolute atomic E-state index is 13.1. The monoisotopic (exact) mass is 326 g/mol. The Hall–Kier alpha value is -2.46. The van der Waals surface area contributed by atoms with Crippen molar-refractivity contribution in [1.29, 1.82) is 0 Å². The molecule has 0 aliphatic heterocycles. The lowest BCUT2D eigenvalue weighted by molar-refractivity contribution is 0.602. The largest absolute Gasteiger partial charge is 0.224 e. The first-order valence-electron chi connectivity index (χ1n) is 7.10. The second-order valence-electron chi connectivity index (χ2n) is 5.36. The van der Waals surface area contributed by atoms with Crippen LogP contribution in [0, 0.1) is 5.82 Å². The molecule has 0 saturated heterocycles. The van der Waals surface area contributed by atoms with Crippen LogP contribution in [0.25, 0.3) is 22.3 Å². The molecule has 0 aliphatic carbocycles. The van der Waals surface area contributed by atoms with Crippen molar-refractivity contribution in [3.05, 3.63) is 78.6 Å². The zero-order chi connectivity index (χ0) is 16.4. The van der Waals surface area contributed by atoms with Crippen LogP contribution in [0.5, 0.6) is 0 Å². The third kappa shape index (κ3) is 3.32. The molecule has 0 heterocycles. The third-order valence-corrected chi connectivity index (χ3v) is 4.78. The lowest BCUT2D eigenvalue weighted by atomic mass is 10.0. The van der Waals surface area contributed by atoms with E-state index in [1.165, 1.54) is 18.4 Å². The molecule has 0 atom stereocenters. The molecule has 0 aliphatic rings. The fourth-order valence-electron chi connectivity index (χ4n) is 2.51. The van der Waals surface area contributed by atoms with Crippen molar-refractivity contribution in [2.75, 3.05) is 6.26 Å². The Morgan fingerprint density at radius 3 is 1.96 bits per heavy atom. The normalized spacial score (nSPS) is 11.4. The molecule has 2 nitrogen and oxygen atoms in total. The minimum absolute atomic E-state index is 0.241. The van der Waals surface area contributed by atoms with Gasteiger partial charge in [-0.25, -0.2) is 12.8 Å². The molecular formula is C19H15FO2S. The Balaban J connectivity index is 2.20. The fourth-order valence-corrected chi connectivity index (χ4v) is 3.43. The van der Waals surface area contributed by atoms with Gasteiger partial charge in [-0.1, -0.05) is 54.6 Å². The molecule has 0 N–H and O–H groups in total. The second kappa shape index (κ2) is 5.97. The van der Waals surface area contributed by atoms with Crippen LogP contribution < -0.4 is 0 Å². The van der Waals surface area contributed by atoms with Crippen LogP contribution in [0.3, 0.4) is 0 Å². The highest BCUT2D eigenvalue weighted by molar-refractivity contribution is 7.90. The van der Waals surface area contributed by atoms with Crippen LogP contribution in [0.2, 0.25) is 0 Å². The number of sulfone groups is 1. The number of rotatable bonds is 3. The van der Waals surface area contributed by atoms with Gasteiger partial charge in [0.15, 0.2) is 9.84 Å². The summed E-state index contributed by atoms with van der Waals surface area (Å²) in [5.41, 5.74) is 3.03. The Kier molecular flexibility index (Phi) is 4.01. The SMILES string of the molecule is CS(=O)(=O)c1cc(-c2ccccc2)ccc1-c1ccc(F)cc1. The molecule has 0 radical (unpaired) electrons. The Labute approximate surface area is 135 Å². The maximum atomic E-state index is 13.1.